The highest BCUT2D eigenvalue weighted by molar-refractivity contribution is 7.53. The minimum absolute atomic E-state index is 0.373. The van der Waals surface area contributed by atoms with Crippen LogP contribution >= 0.6 is 7.60 Å². The van der Waals surface area contributed by atoms with Crippen LogP contribution in [-0.2, 0) is 13.6 Å². The van der Waals surface area contributed by atoms with E-state index in [1.54, 1.807) is 6.21 Å². The van der Waals surface area contributed by atoms with Crippen LogP contribution in [0, 0.1) is 0 Å². The molecule has 0 spiro atoms. The number of rotatable bonds is 20. The summed E-state index contributed by atoms with van der Waals surface area (Å²) in [5.74, 6) is 1.59. The van der Waals surface area contributed by atoms with Crippen LogP contribution in [0.3, 0.4) is 0 Å². The van der Waals surface area contributed by atoms with E-state index in [-0.39, 0.29) is 0 Å². The molecule has 0 saturated carbocycles. The fourth-order valence-corrected chi connectivity index (χ4v) is 4.84. The van der Waals surface area contributed by atoms with Crippen LogP contribution in [0.5, 0.6) is 11.5 Å². The van der Waals surface area contributed by atoms with Gasteiger partial charge in [0, 0.05) is 12.8 Å². The lowest BCUT2D eigenvalue weighted by molar-refractivity contribution is 0.220. The number of nitrogens with zero attached hydrogens (tertiary/aromatic N) is 1. The third-order valence-corrected chi connectivity index (χ3v) is 7.22. The number of hydrogen-bond acceptors (Lipinski definition) is 6. The molecule has 36 heavy (non-hydrogen) atoms. The molecule has 0 amide bonds. The van der Waals surface area contributed by atoms with Gasteiger partial charge in [-0.2, -0.15) is 0 Å². The van der Waals surface area contributed by atoms with Crippen molar-refractivity contribution in [2.45, 2.75) is 66.7 Å². The van der Waals surface area contributed by atoms with E-state index in [4.69, 9.17) is 18.5 Å². The summed E-state index contributed by atoms with van der Waals surface area (Å²) in [7, 11) is -3.00. The monoisotopic (exact) mass is 519 g/mol. The Morgan fingerprint density at radius 1 is 0.917 bits per heavy atom. The predicted molar refractivity (Wildman–Crippen MR) is 153 cm³/mol. The van der Waals surface area contributed by atoms with E-state index >= 15 is 0 Å². The molecule has 0 aliphatic heterocycles. The van der Waals surface area contributed by atoms with E-state index in [0.29, 0.717) is 45.6 Å². The van der Waals surface area contributed by atoms with Gasteiger partial charge in [-0.15, -0.1) is 0 Å². The molecule has 0 saturated heterocycles. The molecule has 0 fully saturated rings. The highest BCUT2D eigenvalue weighted by atomic mass is 31.2. The molecule has 6 nitrogen and oxygen atoms in total. The molecule has 1 aromatic rings. The zero-order valence-corrected chi connectivity index (χ0v) is 23.8. The summed E-state index contributed by atoms with van der Waals surface area (Å²) in [5, 5.41) is 0. The van der Waals surface area contributed by atoms with Crippen LogP contribution in [0.1, 0.15) is 72.3 Å². The first-order chi connectivity index (χ1) is 17.5. The van der Waals surface area contributed by atoms with Gasteiger partial charge in [0.05, 0.1) is 32.6 Å². The highest BCUT2D eigenvalue weighted by Crippen LogP contribution is 2.48. The minimum Gasteiger partial charge on any atom is -0.490 e. The number of allylic oxidation sites excluding steroid dienone is 5. The van der Waals surface area contributed by atoms with Gasteiger partial charge >= 0.3 is 7.60 Å². The summed E-state index contributed by atoms with van der Waals surface area (Å²) in [4.78, 5) is 4.44. The van der Waals surface area contributed by atoms with Crippen LogP contribution in [0.25, 0.3) is 6.08 Å². The molecule has 1 rings (SSSR count). The summed E-state index contributed by atoms with van der Waals surface area (Å²) < 4.78 is 35.1. The van der Waals surface area contributed by atoms with Crippen LogP contribution in [0.15, 0.2) is 53.1 Å². The van der Waals surface area contributed by atoms with Crippen molar-refractivity contribution in [3.8, 4) is 11.5 Å². The van der Waals surface area contributed by atoms with Crippen molar-refractivity contribution in [1.82, 2.24) is 0 Å². The smallest absolute Gasteiger partial charge is 0.330 e. The van der Waals surface area contributed by atoms with Gasteiger partial charge in [-0.05, 0) is 69.4 Å². The Balaban J connectivity index is 2.81. The second-order valence-electron chi connectivity index (χ2n) is 8.19. The lowest BCUT2D eigenvalue weighted by atomic mass is 10.1. The molecule has 1 aromatic carbocycles. The minimum atomic E-state index is -3.00. The van der Waals surface area contributed by atoms with Gasteiger partial charge in [0.25, 0.3) is 0 Å². The van der Waals surface area contributed by atoms with E-state index < -0.39 is 7.60 Å². The van der Waals surface area contributed by atoms with Crippen LogP contribution in [-0.4, -0.2) is 45.3 Å². The fourth-order valence-electron chi connectivity index (χ4n) is 3.19. The molecule has 0 N–H and O–H groups in total. The summed E-state index contributed by atoms with van der Waals surface area (Å²) in [6, 6.07) is 6.06. The third kappa shape index (κ3) is 13.8. The summed E-state index contributed by atoms with van der Waals surface area (Å²) in [6.07, 6.45) is 17.1. The molecule has 0 radical (unpaired) electrons. The van der Waals surface area contributed by atoms with Crippen LogP contribution in [0.2, 0.25) is 0 Å². The Morgan fingerprint density at radius 3 is 2.19 bits per heavy atom. The zero-order chi connectivity index (χ0) is 26.5. The Labute approximate surface area is 219 Å². The molecule has 0 aromatic heterocycles. The number of aliphatic imine (C=N–C) groups is 1. The lowest BCUT2D eigenvalue weighted by Gasteiger charge is -2.16. The van der Waals surface area contributed by atoms with Gasteiger partial charge in [-0.25, -0.2) is 0 Å². The summed E-state index contributed by atoms with van der Waals surface area (Å²) in [5.41, 5.74) is 2.06. The van der Waals surface area contributed by atoms with Crippen molar-refractivity contribution in [2.75, 3.05) is 39.1 Å². The normalized spacial score (nSPS) is 12.9. The van der Waals surface area contributed by atoms with Crippen LogP contribution < -0.4 is 9.47 Å². The second kappa shape index (κ2) is 20.0. The van der Waals surface area contributed by atoms with E-state index in [0.717, 1.165) is 48.3 Å². The Morgan fingerprint density at radius 2 is 1.58 bits per heavy atom. The molecule has 0 aliphatic rings. The molecule has 0 bridgehead atoms. The zero-order valence-electron chi connectivity index (χ0n) is 22.9. The molecule has 0 atom stereocenters. The van der Waals surface area contributed by atoms with Crippen molar-refractivity contribution >= 4 is 19.9 Å². The van der Waals surface area contributed by atoms with Crippen molar-refractivity contribution in [1.29, 1.82) is 0 Å². The van der Waals surface area contributed by atoms with Gasteiger partial charge < -0.3 is 18.5 Å². The average molecular weight is 520 g/mol. The molecular weight excluding hydrogens is 473 g/mol. The molecule has 7 heteroatoms. The number of benzene rings is 1. The summed E-state index contributed by atoms with van der Waals surface area (Å²) in [6.45, 7) is 12.6. The standard InChI is InChI=1S/C29H46NO5P/c1-6-11-22-32-28-18-17-27(25-29(28)33-23-12-7-2)16-15-26(14-8-3)19-21-30-20-13-24-36(31,34-9-4)35-10-5/h8,14-19,21,25H,6-7,9-13,20,22-24H2,1-5H3/b14-8-,16-15?,26-19+,30-21?. The SMILES string of the molecule is C/C=C\C(C=Cc1ccc(OCCCC)c(OCCCC)c1)=C/C=NCCCP(=O)(OCC)OCC. The van der Waals surface area contributed by atoms with Gasteiger partial charge in [0.15, 0.2) is 11.5 Å². The Bertz CT molecular complexity index is 882. The molecule has 0 heterocycles. The predicted octanol–water partition coefficient (Wildman–Crippen LogP) is 8.29. The largest absolute Gasteiger partial charge is 0.490 e. The summed E-state index contributed by atoms with van der Waals surface area (Å²) >= 11 is 0. The van der Waals surface area contributed by atoms with Crippen molar-refractivity contribution in [2.24, 2.45) is 4.99 Å². The number of hydrogen-bond donors (Lipinski definition) is 0. The van der Waals surface area contributed by atoms with E-state index in [9.17, 15) is 4.57 Å². The third-order valence-electron chi connectivity index (χ3n) is 5.05. The molecule has 0 unspecified atom stereocenters. The molecule has 202 valence electrons. The number of ether oxygens (including phenoxy) is 2. The van der Waals surface area contributed by atoms with Crippen molar-refractivity contribution in [3.05, 3.63) is 53.6 Å². The maximum atomic E-state index is 12.5. The Kier molecular flexibility index (Phi) is 17.7. The van der Waals surface area contributed by atoms with Crippen LogP contribution in [0.4, 0.5) is 0 Å². The fraction of sp³-hybridized carbons (Fsp3) is 0.552. The Hall–Kier alpha value is -2.14. The maximum Gasteiger partial charge on any atom is 0.330 e. The van der Waals surface area contributed by atoms with E-state index in [1.165, 1.54) is 0 Å². The first-order valence-electron chi connectivity index (χ1n) is 13.3. The second-order valence-corrected chi connectivity index (χ2v) is 10.4. The average Bonchev–Trinajstić information content (AvgIpc) is 2.86. The van der Waals surface area contributed by atoms with E-state index in [1.807, 2.05) is 63.3 Å². The first-order valence-corrected chi connectivity index (χ1v) is 15.0. The molecular formula is C29H46NO5P. The van der Waals surface area contributed by atoms with Gasteiger partial charge in [0.2, 0.25) is 0 Å². The quantitative estimate of drug-likeness (QED) is 0.0750. The van der Waals surface area contributed by atoms with Gasteiger partial charge in [0.1, 0.15) is 0 Å². The van der Waals surface area contributed by atoms with Crippen molar-refractivity contribution < 1.29 is 23.1 Å². The van der Waals surface area contributed by atoms with Gasteiger partial charge in [-0.3, -0.25) is 9.56 Å². The molecule has 0 aliphatic carbocycles. The topological polar surface area (TPSA) is 66.4 Å². The van der Waals surface area contributed by atoms with Crippen molar-refractivity contribution in [3.63, 3.8) is 0 Å². The lowest BCUT2D eigenvalue weighted by Crippen LogP contribution is -2.02. The highest BCUT2D eigenvalue weighted by Gasteiger charge is 2.22. The number of unbranched alkanes of at least 4 members (excludes halogenated alkanes) is 2. The maximum absolute atomic E-state index is 12.5. The van der Waals surface area contributed by atoms with Gasteiger partial charge in [-0.1, -0.05) is 57.1 Å². The first kappa shape index (κ1) is 31.9. The van der Waals surface area contributed by atoms with E-state index in [2.05, 4.69) is 24.9 Å².